The van der Waals surface area contributed by atoms with E-state index in [0.717, 1.165) is 0 Å². The lowest BCUT2D eigenvalue weighted by atomic mass is 10.2. The van der Waals surface area contributed by atoms with Gasteiger partial charge in [0.05, 0.1) is 0 Å². The number of nitrogens with one attached hydrogen (secondary N) is 1. The molecule has 0 unspecified atom stereocenters. The first-order valence-corrected chi connectivity index (χ1v) is 3.08. The molecule has 1 heterocycles. The van der Waals surface area contributed by atoms with Gasteiger partial charge in [-0.2, -0.15) is 0 Å². The number of allylic oxidation sites excluding steroid dienone is 4. The SMILES string of the molecule is CC(C)=C1C=CC=CN1. The van der Waals surface area contributed by atoms with Gasteiger partial charge in [-0.15, -0.1) is 0 Å². The second kappa shape index (κ2) is 2.53. The van der Waals surface area contributed by atoms with Crippen molar-refractivity contribution in [1.29, 1.82) is 0 Å². The van der Waals surface area contributed by atoms with Gasteiger partial charge in [-0.3, -0.25) is 0 Å². The Bertz CT molecular complexity index is 181. The van der Waals surface area contributed by atoms with Crippen LogP contribution in [0.3, 0.4) is 0 Å². The highest BCUT2D eigenvalue weighted by atomic mass is 14.8. The summed E-state index contributed by atoms with van der Waals surface area (Å²) in [5, 5.41) is 3.13. The number of dihydropyridines is 1. The largest absolute Gasteiger partial charge is 0.362 e. The fraction of sp³-hybridized carbons (Fsp3) is 0.250. The molecule has 0 radical (unpaired) electrons. The van der Waals surface area contributed by atoms with Crippen LogP contribution in [-0.2, 0) is 0 Å². The van der Waals surface area contributed by atoms with E-state index in [1.165, 1.54) is 11.3 Å². The quantitative estimate of drug-likeness (QED) is 0.516. The maximum absolute atomic E-state index is 3.13. The Kier molecular flexibility index (Phi) is 1.73. The first-order valence-electron chi connectivity index (χ1n) is 3.08. The van der Waals surface area contributed by atoms with Crippen LogP contribution in [0.15, 0.2) is 35.7 Å². The van der Waals surface area contributed by atoms with Gasteiger partial charge in [-0.05, 0) is 26.0 Å². The van der Waals surface area contributed by atoms with Gasteiger partial charge < -0.3 is 5.32 Å². The zero-order valence-electron chi connectivity index (χ0n) is 5.81. The molecule has 1 aliphatic rings. The van der Waals surface area contributed by atoms with E-state index in [1.807, 2.05) is 18.4 Å². The van der Waals surface area contributed by atoms with Crippen LogP contribution >= 0.6 is 0 Å². The van der Waals surface area contributed by atoms with Crippen molar-refractivity contribution in [2.45, 2.75) is 13.8 Å². The summed E-state index contributed by atoms with van der Waals surface area (Å²) in [5.41, 5.74) is 2.52. The van der Waals surface area contributed by atoms with Gasteiger partial charge in [0, 0.05) is 11.9 Å². The van der Waals surface area contributed by atoms with E-state index in [2.05, 4.69) is 25.2 Å². The second-order valence-electron chi connectivity index (χ2n) is 2.28. The van der Waals surface area contributed by atoms with Crippen molar-refractivity contribution >= 4 is 0 Å². The van der Waals surface area contributed by atoms with Crippen LogP contribution in [0, 0.1) is 0 Å². The Morgan fingerprint density at radius 2 is 2.11 bits per heavy atom. The van der Waals surface area contributed by atoms with Crippen molar-refractivity contribution in [3.8, 4) is 0 Å². The van der Waals surface area contributed by atoms with Crippen molar-refractivity contribution in [3.63, 3.8) is 0 Å². The normalized spacial score (nSPS) is 15.6. The number of hydrogen-bond donors (Lipinski definition) is 1. The Balaban J connectivity index is 2.78. The van der Waals surface area contributed by atoms with Crippen LogP contribution in [0.2, 0.25) is 0 Å². The molecule has 0 atom stereocenters. The van der Waals surface area contributed by atoms with Gasteiger partial charge in [0.15, 0.2) is 0 Å². The monoisotopic (exact) mass is 121 g/mol. The molecule has 1 nitrogen and oxygen atoms in total. The van der Waals surface area contributed by atoms with Gasteiger partial charge in [-0.1, -0.05) is 11.6 Å². The van der Waals surface area contributed by atoms with E-state index in [1.54, 1.807) is 0 Å². The molecular weight excluding hydrogens is 110 g/mol. The van der Waals surface area contributed by atoms with Crippen molar-refractivity contribution < 1.29 is 0 Å². The molecule has 0 saturated heterocycles. The van der Waals surface area contributed by atoms with Crippen LogP contribution in [0.5, 0.6) is 0 Å². The lowest BCUT2D eigenvalue weighted by Gasteiger charge is -2.06. The molecular formula is C8H11N. The highest BCUT2D eigenvalue weighted by Gasteiger charge is 1.91. The van der Waals surface area contributed by atoms with Crippen LogP contribution in [0.25, 0.3) is 0 Å². The van der Waals surface area contributed by atoms with Crippen LogP contribution in [-0.4, -0.2) is 0 Å². The molecule has 0 saturated carbocycles. The summed E-state index contributed by atoms with van der Waals surface area (Å²) in [6.07, 6.45) is 8.00. The van der Waals surface area contributed by atoms with E-state index < -0.39 is 0 Å². The zero-order chi connectivity index (χ0) is 6.69. The third-order valence-electron chi connectivity index (χ3n) is 1.25. The molecule has 0 aromatic heterocycles. The fourth-order valence-corrected chi connectivity index (χ4v) is 0.704. The Hall–Kier alpha value is -0.980. The molecule has 0 amide bonds. The average molecular weight is 121 g/mol. The lowest BCUT2D eigenvalue weighted by Crippen LogP contribution is -2.05. The minimum absolute atomic E-state index is 1.21. The maximum atomic E-state index is 3.13. The molecule has 48 valence electrons. The first-order chi connectivity index (χ1) is 4.30. The number of hydrogen-bond acceptors (Lipinski definition) is 1. The van der Waals surface area contributed by atoms with E-state index in [0.29, 0.717) is 0 Å². The summed E-state index contributed by atoms with van der Waals surface area (Å²) in [6, 6.07) is 0. The molecule has 0 aromatic carbocycles. The van der Waals surface area contributed by atoms with Crippen molar-refractivity contribution in [2.75, 3.05) is 0 Å². The predicted molar refractivity (Wildman–Crippen MR) is 39.8 cm³/mol. The molecule has 0 bridgehead atoms. The van der Waals surface area contributed by atoms with Crippen molar-refractivity contribution in [3.05, 3.63) is 35.7 Å². The average Bonchev–Trinajstić information content (AvgIpc) is 1.90. The number of rotatable bonds is 0. The summed E-state index contributed by atoms with van der Waals surface area (Å²) in [6.45, 7) is 4.18. The first kappa shape index (κ1) is 6.14. The standard InChI is InChI=1S/C8H11N/c1-7(2)8-5-3-4-6-9-8/h3-6,9H,1-2H3. The Labute approximate surface area is 55.8 Å². The van der Waals surface area contributed by atoms with Crippen LogP contribution in [0.1, 0.15) is 13.8 Å². The van der Waals surface area contributed by atoms with E-state index in [4.69, 9.17) is 0 Å². The van der Waals surface area contributed by atoms with E-state index in [9.17, 15) is 0 Å². The van der Waals surface area contributed by atoms with Gasteiger partial charge >= 0.3 is 0 Å². The minimum Gasteiger partial charge on any atom is -0.362 e. The zero-order valence-corrected chi connectivity index (χ0v) is 5.81. The predicted octanol–water partition coefficient (Wildman–Crippen LogP) is 1.95. The molecule has 0 aromatic rings. The molecule has 9 heavy (non-hydrogen) atoms. The van der Waals surface area contributed by atoms with Crippen molar-refractivity contribution in [2.24, 2.45) is 0 Å². The van der Waals surface area contributed by atoms with Gasteiger partial charge in [-0.25, -0.2) is 0 Å². The summed E-state index contributed by atoms with van der Waals surface area (Å²) in [5.74, 6) is 0. The lowest BCUT2D eigenvalue weighted by molar-refractivity contribution is 1.05. The summed E-state index contributed by atoms with van der Waals surface area (Å²) < 4.78 is 0. The molecule has 1 rings (SSSR count). The van der Waals surface area contributed by atoms with Gasteiger partial charge in [0.1, 0.15) is 0 Å². The Morgan fingerprint density at radius 3 is 2.44 bits per heavy atom. The molecule has 1 aliphatic heterocycles. The van der Waals surface area contributed by atoms with Gasteiger partial charge in [0.25, 0.3) is 0 Å². The Morgan fingerprint density at radius 1 is 1.33 bits per heavy atom. The second-order valence-corrected chi connectivity index (χ2v) is 2.28. The van der Waals surface area contributed by atoms with Crippen molar-refractivity contribution in [1.82, 2.24) is 5.32 Å². The smallest absolute Gasteiger partial charge is 0.0365 e. The molecule has 0 spiro atoms. The molecule has 1 N–H and O–H groups in total. The minimum atomic E-state index is 1.21. The third kappa shape index (κ3) is 1.46. The summed E-state index contributed by atoms with van der Waals surface area (Å²) in [7, 11) is 0. The van der Waals surface area contributed by atoms with E-state index in [-0.39, 0.29) is 0 Å². The van der Waals surface area contributed by atoms with Gasteiger partial charge in [0.2, 0.25) is 0 Å². The van der Waals surface area contributed by atoms with E-state index >= 15 is 0 Å². The fourth-order valence-electron chi connectivity index (χ4n) is 0.704. The molecule has 0 aliphatic carbocycles. The topological polar surface area (TPSA) is 12.0 Å². The summed E-state index contributed by atoms with van der Waals surface area (Å²) >= 11 is 0. The third-order valence-corrected chi connectivity index (χ3v) is 1.25. The maximum Gasteiger partial charge on any atom is 0.0365 e. The van der Waals surface area contributed by atoms with Crippen LogP contribution in [0.4, 0.5) is 0 Å². The summed E-state index contributed by atoms with van der Waals surface area (Å²) in [4.78, 5) is 0. The van der Waals surface area contributed by atoms with Crippen LogP contribution < -0.4 is 5.32 Å². The molecule has 1 heteroatoms. The highest BCUT2D eigenvalue weighted by molar-refractivity contribution is 5.29. The highest BCUT2D eigenvalue weighted by Crippen LogP contribution is 2.03. The molecule has 0 fully saturated rings.